The number of likely N-dealkylation sites (tertiary alicyclic amines) is 1. The molecule has 8 nitrogen and oxygen atoms in total. The molecule has 178 valence electrons. The Bertz CT molecular complexity index is 1090. The molecule has 2 aromatic heterocycles. The Kier molecular flexibility index (Phi) is 7.68. The molecule has 2 aromatic rings. The van der Waals surface area contributed by atoms with Crippen LogP contribution >= 0.6 is 22.9 Å². The van der Waals surface area contributed by atoms with Crippen molar-refractivity contribution in [1.29, 1.82) is 0 Å². The molecule has 2 amide bonds. The number of amides is 2. The van der Waals surface area contributed by atoms with Gasteiger partial charge in [-0.2, -0.15) is 4.31 Å². The lowest BCUT2D eigenvalue weighted by molar-refractivity contribution is -0.120. The number of halogens is 1. The molecule has 2 fully saturated rings. The SMILES string of the molecule is O=C(Nc1ccc(Cl)cn1)C1CCN(S(=O)(=O)c2cc(C(=O)N3CCCCCC3)cs2)CC1. The van der Waals surface area contributed by atoms with Crippen LogP contribution in [0.1, 0.15) is 48.9 Å². The third kappa shape index (κ3) is 5.74. The number of piperidine rings is 1. The minimum absolute atomic E-state index is 0.0965. The van der Waals surface area contributed by atoms with Crippen LogP contribution < -0.4 is 5.32 Å². The number of carbonyl (C=O) groups is 2. The van der Waals surface area contributed by atoms with Gasteiger partial charge in [-0.3, -0.25) is 9.59 Å². The Balaban J connectivity index is 1.35. The Morgan fingerprint density at radius 1 is 1.06 bits per heavy atom. The van der Waals surface area contributed by atoms with E-state index in [4.69, 9.17) is 11.6 Å². The number of anilines is 1. The third-order valence-corrected chi connectivity index (χ3v) is 9.65. The molecule has 2 saturated heterocycles. The summed E-state index contributed by atoms with van der Waals surface area (Å²) in [7, 11) is -3.70. The molecular formula is C22H27ClN4O4S2. The quantitative estimate of drug-likeness (QED) is 0.658. The van der Waals surface area contributed by atoms with Crippen LogP contribution in [0.2, 0.25) is 5.02 Å². The molecule has 0 saturated carbocycles. The first-order valence-corrected chi connectivity index (χ1v) is 13.8. The van der Waals surface area contributed by atoms with Gasteiger partial charge in [-0.05, 0) is 43.9 Å². The number of hydrogen-bond donors (Lipinski definition) is 1. The number of aromatic nitrogens is 1. The zero-order chi connectivity index (χ0) is 23.4. The number of pyridine rings is 1. The lowest BCUT2D eigenvalue weighted by Crippen LogP contribution is -2.41. The van der Waals surface area contributed by atoms with Gasteiger partial charge in [0.2, 0.25) is 5.91 Å². The highest BCUT2D eigenvalue weighted by Gasteiger charge is 2.33. The molecule has 0 spiro atoms. The number of rotatable bonds is 5. The predicted octanol–water partition coefficient (Wildman–Crippen LogP) is 3.85. The van der Waals surface area contributed by atoms with Crippen molar-refractivity contribution in [2.45, 2.75) is 42.7 Å². The topological polar surface area (TPSA) is 99.7 Å². The Morgan fingerprint density at radius 2 is 1.76 bits per heavy atom. The number of hydrogen-bond acceptors (Lipinski definition) is 6. The van der Waals surface area contributed by atoms with Gasteiger partial charge in [0, 0.05) is 43.7 Å². The largest absolute Gasteiger partial charge is 0.339 e. The molecule has 33 heavy (non-hydrogen) atoms. The van der Waals surface area contributed by atoms with Crippen LogP contribution in [0, 0.1) is 5.92 Å². The van der Waals surface area contributed by atoms with Crippen molar-refractivity contribution in [3.63, 3.8) is 0 Å². The van der Waals surface area contributed by atoms with Gasteiger partial charge in [-0.15, -0.1) is 11.3 Å². The fraction of sp³-hybridized carbons (Fsp3) is 0.500. The molecule has 1 N–H and O–H groups in total. The van der Waals surface area contributed by atoms with Crippen LogP contribution in [0.4, 0.5) is 5.82 Å². The average molecular weight is 511 g/mol. The highest BCUT2D eigenvalue weighted by molar-refractivity contribution is 7.91. The first-order valence-electron chi connectivity index (χ1n) is 11.1. The molecule has 0 aliphatic carbocycles. The number of nitrogens with zero attached hydrogens (tertiary/aromatic N) is 3. The number of thiophene rings is 1. The van der Waals surface area contributed by atoms with E-state index in [-0.39, 0.29) is 35.0 Å². The Labute approximate surface area is 203 Å². The summed E-state index contributed by atoms with van der Waals surface area (Å²) < 4.78 is 27.9. The van der Waals surface area contributed by atoms with Gasteiger partial charge in [0.25, 0.3) is 15.9 Å². The predicted molar refractivity (Wildman–Crippen MR) is 128 cm³/mol. The lowest BCUT2D eigenvalue weighted by atomic mass is 9.97. The van der Waals surface area contributed by atoms with Crippen molar-refractivity contribution in [3.8, 4) is 0 Å². The van der Waals surface area contributed by atoms with Crippen molar-refractivity contribution >= 4 is 50.6 Å². The van der Waals surface area contributed by atoms with Crippen molar-refractivity contribution in [3.05, 3.63) is 40.4 Å². The van der Waals surface area contributed by atoms with Gasteiger partial charge >= 0.3 is 0 Å². The van der Waals surface area contributed by atoms with Crippen LogP contribution in [0.25, 0.3) is 0 Å². The minimum atomic E-state index is -3.70. The van der Waals surface area contributed by atoms with Crippen LogP contribution in [0.3, 0.4) is 0 Å². The first-order chi connectivity index (χ1) is 15.8. The van der Waals surface area contributed by atoms with Crippen molar-refractivity contribution in [1.82, 2.24) is 14.2 Å². The van der Waals surface area contributed by atoms with Gasteiger partial charge in [0.15, 0.2) is 0 Å². The molecule has 0 atom stereocenters. The lowest BCUT2D eigenvalue weighted by Gasteiger charge is -2.30. The van der Waals surface area contributed by atoms with Crippen molar-refractivity contribution in [2.75, 3.05) is 31.5 Å². The smallest absolute Gasteiger partial charge is 0.254 e. The molecular weight excluding hydrogens is 484 g/mol. The highest BCUT2D eigenvalue weighted by Crippen LogP contribution is 2.29. The van der Waals surface area contributed by atoms with Crippen molar-refractivity contribution in [2.24, 2.45) is 5.92 Å². The molecule has 0 bridgehead atoms. The van der Waals surface area contributed by atoms with E-state index in [1.165, 1.54) is 16.6 Å². The van der Waals surface area contributed by atoms with Crippen molar-refractivity contribution < 1.29 is 18.0 Å². The van der Waals surface area contributed by atoms with E-state index in [2.05, 4.69) is 10.3 Å². The van der Waals surface area contributed by atoms with E-state index in [1.807, 2.05) is 4.90 Å². The summed E-state index contributed by atoms with van der Waals surface area (Å²) in [6.45, 7) is 1.94. The Hall–Kier alpha value is -2.01. The number of nitrogens with one attached hydrogen (secondary N) is 1. The summed E-state index contributed by atoms with van der Waals surface area (Å²) in [6.07, 6.45) is 6.51. The van der Waals surface area contributed by atoms with E-state index in [9.17, 15) is 18.0 Å². The van der Waals surface area contributed by atoms with Crippen LogP contribution in [0.15, 0.2) is 34.0 Å². The summed E-state index contributed by atoms with van der Waals surface area (Å²) in [5.74, 6) is -0.152. The number of carbonyl (C=O) groups excluding carboxylic acids is 2. The van der Waals surface area contributed by atoms with E-state index >= 15 is 0 Å². The van der Waals surface area contributed by atoms with E-state index in [0.717, 1.165) is 50.1 Å². The summed E-state index contributed by atoms with van der Waals surface area (Å²) in [5, 5.41) is 4.88. The molecule has 11 heteroatoms. The molecule has 0 unspecified atom stereocenters. The summed E-state index contributed by atoms with van der Waals surface area (Å²) >= 11 is 6.90. The van der Waals surface area contributed by atoms with Gasteiger partial charge in [-0.1, -0.05) is 24.4 Å². The molecule has 0 radical (unpaired) electrons. The Morgan fingerprint density at radius 3 is 2.39 bits per heavy atom. The molecule has 4 heterocycles. The zero-order valence-electron chi connectivity index (χ0n) is 18.2. The van der Waals surface area contributed by atoms with E-state index in [0.29, 0.717) is 29.2 Å². The fourth-order valence-electron chi connectivity index (χ4n) is 4.18. The van der Waals surface area contributed by atoms with Gasteiger partial charge < -0.3 is 10.2 Å². The maximum Gasteiger partial charge on any atom is 0.254 e. The summed E-state index contributed by atoms with van der Waals surface area (Å²) in [4.78, 5) is 31.2. The second-order valence-corrected chi connectivity index (χ2v) is 11.9. The minimum Gasteiger partial charge on any atom is -0.339 e. The van der Waals surface area contributed by atoms with Gasteiger partial charge in [-0.25, -0.2) is 13.4 Å². The second-order valence-electron chi connectivity index (χ2n) is 8.39. The van der Waals surface area contributed by atoms with Gasteiger partial charge in [0.1, 0.15) is 10.0 Å². The van der Waals surface area contributed by atoms with Crippen LogP contribution in [-0.2, 0) is 14.8 Å². The maximum atomic E-state index is 13.1. The highest BCUT2D eigenvalue weighted by atomic mass is 35.5. The number of sulfonamides is 1. The van der Waals surface area contributed by atoms with E-state index in [1.54, 1.807) is 17.5 Å². The normalized spacial score (nSPS) is 18.6. The first kappa shape index (κ1) is 24.1. The maximum absolute atomic E-state index is 13.1. The fourth-order valence-corrected chi connectivity index (χ4v) is 7.07. The molecule has 2 aliphatic rings. The molecule has 2 aliphatic heterocycles. The second kappa shape index (κ2) is 10.5. The zero-order valence-corrected chi connectivity index (χ0v) is 20.6. The van der Waals surface area contributed by atoms with Gasteiger partial charge in [0.05, 0.1) is 10.6 Å². The molecule has 4 rings (SSSR count). The monoisotopic (exact) mass is 510 g/mol. The molecule has 0 aromatic carbocycles. The van der Waals surface area contributed by atoms with E-state index < -0.39 is 10.0 Å². The standard InChI is InChI=1S/C22H27ClN4O4S2/c23-18-5-6-19(24-14-18)25-21(28)16-7-11-27(12-8-16)33(30,31)20-13-17(15-32-20)22(29)26-9-3-1-2-4-10-26/h5-6,13-16H,1-4,7-12H2,(H,24,25,28). The van der Waals surface area contributed by atoms with Crippen LogP contribution in [-0.4, -0.2) is 60.6 Å². The summed E-state index contributed by atoms with van der Waals surface area (Å²) in [6, 6.07) is 4.77. The average Bonchev–Trinajstić information content (AvgIpc) is 3.17. The van der Waals surface area contributed by atoms with Crippen LogP contribution in [0.5, 0.6) is 0 Å². The summed E-state index contributed by atoms with van der Waals surface area (Å²) in [5.41, 5.74) is 0.435. The third-order valence-electron chi connectivity index (χ3n) is 6.11.